The second-order valence-electron chi connectivity index (χ2n) is 7.68. The van der Waals surface area contributed by atoms with E-state index >= 15 is 0 Å². The van der Waals surface area contributed by atoms with E-state index in [-0.39, 0.29) is 5.91 Å². The molecule has 6 heteroatoms. The number of aryl methyl sites for hydroxylation is 1. The molecule has 0 radical (unpaired) electrons. The highest BCUT2D eigenvalue weighted by molar-refractivity contribution is 7.15. The Balaban J connectivity index is 1.66. The molecule has 1 amide bonds. The monoisotopic (exact) mass is 408 g/mol. The van der Waals surface area contributed by atoms with Crippen LogP contribution in [0, 0.1) is 11.3 Å². The van der Waals surface area contributed by atoms with Crippen LogP contribution in [0.3, 0.4) is 0 Å². The number of nitrogens with one attached hydrogen (secondary N) is 1. The molecule has 1 N–H and O–H groups in total. The number of carbonyl (C=O) groups is 1. The maximum Gasteiger partial charge on any atom is 0.250 e. The average Bonchev–Trinajstić information content (AvgIpc) is 2.94. The van der Waals surface area contributed by atoms with E-state index in [4.69, 9.17) is 23.2 Å². The molecule has 1 aliphatic rings. The zero-order valence-corrected chi connectivity index (χ0v) is 17.4. The standard InChI is InChI=1S/C20H22Cl2N2OS/c1-20(2,3)13-6-8-16-17(10-13)26-19(23-16)24-18(25)9-5-12-4-7-14(21)11-15(12)22/h4-5,7,9,11,13H,6,8,10H2,1-3H3,(H,23,24,25)/b9-5+. The Morgan fingerprint density at radius 1 is 1.35 bits per heavy atom. The topological polar surface area (TPSA) is 42.0 Å². The van der Waals surface area contributed by atoms with Crippen molar-refractivity contribution in [2.45, 2.75) is 40.0 Å². The first-order valence-electron chi connectivity index (χ1n) is 8.65. The molecule has 3 nitrogen and oxygen atoms in total. The van der Waals surface area contributed by atoms with Crippen molar-refractivity contribution >= 4 is 51.7 Å². The van der Waals surface area contributed by atoms with Crippen LogP contribution < -0.4 is 5.32 Å². The molecule has 0 aliphatic heterocycles. The molecule has 1 aromatic carbocycles. The molecular weight excluding hydrogens is 387 g/mol. The lowest BCUT2D eigenvalue weighted by molar-refractivity contribution is -0.111. The molecule has 1 aromatic heterocycles. The lowest BCUT2D eigenvalue weighted by atomic mass is 9.73. The number of aromatic nitrogens is 1. The van der Waals surface area contributed by atoms with E-state index in [2.05, 4.69) is 31.1 Å². The van der Waals surface area contributed by atoms with Gasteiger partial charge in [-0.1, -0.05) is 50.0 Å². The highest BCUT2D eigenvalue weighted by Gasteiger charge is 2.30. The number of amides is 1. The summed E-state index contributed by atoms with van der Waals surface area (Å²) >= 11 is 13.6. The number of hydrogen-bond donors (Lipinski definition) is 1. The Morgan fingerprint density at radius 3 is 2.81 bits per heavy atom. The highest BCUT2D eigenvalue weighted by atomic mass is 35.5. The minimum Gasteiger partial charge on any atom is -0.298 e. The predicted molar refractivity (Wildman–Crippen MR) is 111 cm³/mol. The third kappa shape index (κ3) is 4.67. The number of hydrogen-bond acceptors (Lipinski definition) is 3. The number of thiazole rings is 1. The van der Waals surface area contributed by atoms with Crippen LogP contribution in [-0.4, -0.2) is 10.9 Å². The molecule has 1 heterocycles. The summed E-state index contributed by atoms with van der Waals surface area (Å²) < 4.78 is 0. The van der Waals surface area contributed by atoms with Crippen molar-refractivity contribution in [1.29, 1.82) is 0 Å². The van der Waals surface area contributed by atoms with Gasteiger partial charge in [0.05, 0.1) is 5.69 Å². The number of carbonyl (C=O) groups excluding carboxylic acids is 1. The van der Waals surface area contributed by atoms with Gasteiger partial charge in [0.15, 0.2) is 5.13 Å². The first kappa shape index (κ1) is 19.4. The molecular formula is C20H22Cl2N2OS. The summed E-state index contributed by atoms with van der Waals surface area (Å²) in [6, 6.07) is 5.18. The molecule has 0 saturated carbocycles. The maximum absolute atomic E-state index is 12.2. The molecule has 26 heavy (non-hydrogen) atoms. The summed E-state index contributed by atoms with van der Waals surface area (Å²) in [5.74, 6) is 0.445. The Morgan fingerprint density at radius 2 is 2.12 bits per heavy atom. The highest BCUT2D eigenvalue weighted by Crippen LogP contribution is 2.40. The molecule has 2 aromatic rings. The normalized spacial score (nSPS) is 17.3. The van der Waals surface area contributed by atoms with Crippen molar-refractivity contribution in [3.8, 4) is 0 Å². The molecule has 0 bridgehead atoms. The molecule has 3 rings (SSSR count). The van der Waals surface area contributed by atoms with E-state index in [9.17, 15) is 4.79 Å². The third-order valence-corrected chi connectivity index (χ3v) is 6.37. The van der Waals surface area contributed by atoms with Crippen LogP contribution in [0.2, 0.25) is 10.0 Å². The minimum absolute atomic E-state index is 0.213. The van der Waals surface area contributed by atoms with Gasteiger partial charge >= 0.3 is 0 Å². The zero-order valence-electron chi connectivity index (χ0n) is 15.1. The van der Waals surface area contributed by atoms with E-state index < -0.39 is 0 Å². The van der Waals surface area contributed by atoms with Crippen LogP contribution in [-0.2, 0) is 17.6 Å². The molecule has 0 spiro atoms. The molecule has 138 valence electrons. The van der Waals surface area contributed by atoms with Gasteiger partial charge in [0.25, 0.3) is 0 Å². The van der Waals surface area contributed by atoms with Crippen LogP contribution >= 0.6 is 34.5 Å². The predicted octanol–water partition coefficient (Wildman–Crippen LogP) is 6.25. The van der Waals surface area contributed by atoms with Crippen molar-refractivity contribution in [3.05, 3.63) is 50.5 Å². The van der Waals surface area contributed by atoms with Gasteiger partial charge in [0.1, 0.15) is 0 Å². The SMILES string of the molecule is CC(C)(C)C1CCc2nc(NC(=O)/C=C/c3ccc(Cl)cc3Cl)sc2C1. The average molecular weight is 409 g/mol. The second kappa shape index (κ2) is 7.71. The van der Waals surface area contributed by atoms with Gasteiger partial charge in [-0.25, -0.2) is 4.98 Å². The maximum atomic E-state index is 12.2. The van der Waals surface area contributed by atoms with Crippen molar-refractivity contribution in [2.24, 2.45) is 11.3 Å². The van der Waals surface area contributed by atoms with Crippen molar-refractivity contribution in [1.82, 2.24) is 4.98 Å². The third-order valence-electron chi connectivity index (χ3n) is 4.77. The van der Waals surface area contributed by atoms with Crippen LogP contribution in [0.5, 0.6) is 0 Å². The van der Waals surface area contributed by atoms with Gasteiger partial charge in [-0.3, -0.25) is 10.1 Å². The van der Waals surface area contributed by atoms with Gasteiger partial charge in [-0.15, -0.1) is 11.3 Å². The minimum atomic E-state index is -0.213. The van der Waals surface area contributed by atoms with Gasteiger partial charge in [0, 0.05) is 21.0 Å². The van der Waals surface area contributed by atoms with E-state index in [0.29, 0.717) is 26.5 Å². The van der Waals surface area contributed by atoms with Crippen molar-refractivity contribution in [2.75, 3.05) is 5.32 Å². The lowest BCUT2D eigenvalue weighted by Gasteiger charge is -2.33. The van der Waals surface area contributed by atoms with Gasteiger partial charge in [0.2, 0.25) is 5.91 Å². The Kier molecular flexibility index (Phi) is 5.75. The summed E-state index contributed by atoms with van der Waals surface area (Å²) in [6.07, 6.45) is 6.33. The number of fused-ring (bicyclic) bond motifs is 1. The van der Waals surface area contributed by atoms with E-state index in [1.807, 2.05) is 0 Å². The number of halogens is 2. The number of benzene rings is 1. The number of rotatable bonds is 3. The number of anilines is 1. The first-order chi connectivity index (χ1) is 12.2. The number of nitrogens with zero attached hydrogens (tertiary/aromatic N) is 1. The zero-order chi connectivity index (χ0) is 18.9. The smallest absolute Gasteiger partial charge is 0.250 e. The quantitative estimate of drug-likeness (QED) is 0.609. The molecule has 0 saturated heterocycles. The summed E-state index contributed by atoms with van der Waals surface area (Å²) in [5.41, 5.74) is 2.18. The van der Waals surface area contributed by atoms with Crippen LogP contribution in [0.1, 0.15) is 43.3 Å². The summed E-state index contributed by atoms with van der Waals surface area (Å²) in [6.45, 7) is 6.87. The Labute approximate surface area is 168 Å². The van der Waals surface area contributed by atoms with E-state index in [1.54, 1.807) is 35.6 Å². The molecule has 1 unspecified atom stereocenters. The summed E-state index contributed by atoms with van der Waals surface area (Å²) in [4.78, 5) is 18.1. The fraction of sp³-hybridized carbons (Fsp3) is 0.400. The van der Waals surface area contributed by atoms with E-state index in [1.165, 1.54) is 11.0 Å². The first-order valence-corrected chi connectivity index (χ1v) is 10.2. The fourth-order valence-corrected chi connectivity index (χ4v) is 4.68. The van der Waals surface area contributed by atoms with Crippen molar-refractivity contribution < 1.29 is 4.79 Å². The van der Waals surface area contributed by atoms with Crippen LogP contribution in [0.4, 0.5) is 5.13 Å². The summed E-state index contributed by atoms with van der Waals surface area (Å²) in [5, 5.41) is 4.62. The largest absolute Gasteiger partial charge is 0.298 e. The van der Waals surface area contributed by atoms with E-state index in [0.717, 1.165) is 30.5 Å². The van der Waals surface area contributed by atoms with Gasteiger partial charge < -0.3 is 0 Å². The molecule has 0 fully saturated rings. The summed E-state index contributed by atoms with van der Waals surface area (Å²) in [7, 11) is 0. The van der Waals surface area contributed by atoms with Crippen molar-refractivity contribution in [3.63, 3.8) is 0 Å². The lowest BCUT2D eigenvalue weighted by Crippen LogP contribution is -2.26. The fourth-order valence-electron chi connectivity index (χ4n) is 3.12. The Bertz CT molecular complexity index is 852. The Hall–Kier alpha value is -1.36. The van der Waals surface area contributed by atoms with Crippen LogP contribution in [0.15, 0.2) is 24.3 Å². The van der Waals surface area contributed by atoms with Gasteiger partial charge in [-0.2, -0.15) is 0 Å². The molecule has 1 atom stereocenters. The second-order valence-corrected chi connectivity index (χ2v) is 9.61. The van der Waals surface area contributed by atoms with Crippen LogP contribution in [0.25, 0.3) is 6.08 Å². The van der Waals surface area contributed by atoms with Gasteiger partial charge in [-0.05, 0) is 54.4 Å². The molecule has 1 aliphatic carbocycles.